The van der Waals surface area contributed by atoms with Crippen LogP contribution in [0, 0.1) is 122 Å². The molecule has 27 heteroatoms. The summed E-state index contributed by atoms with van der Waals surface area (Å²) in [5.74, 6) is 6.17. The second kappa shape index (κ2) is 42.8. The molecule has 25 nitrogen and oxygen atoms in total. The zero-order valence-electron chi connectivity index (χ0n) is 48.3. The Morgan fingerprint density at radius 1 is 0.435 bits per heavy atom. The number of terminal acetylenes is 1. The van der Waals surface area contributed by atoms with Crippen molar-refractivity contribution in [3.63, 3.8) is 0 Å². The number of halogens is 2. The summed E-state index contributed by atoms with van der Waals surface area (Å²) >= 11 is 11.0. The molecule has 0 aliphatic carbocycles. The van der Waals surface area contributed by atoms with Gasteiger partial charge in [-0.25, -0.2) is 64.7 Å². The quantitative estimate of drug-likeness (QED) is 0.0510. The standard InChI is InChI=1S/C8H7N.C6H6ClN.2C6H5N3.C6H6N2O2.C6H8N2.C5H5ClN2.C5H5N3O2.2C5H6N2/c1-3-8-5-4-7(2)6-9-8;1-5-2-3-6(7)8-4-5;1-5-8-3-6(7-2)4-9-5;1-5-3-8-6(7-2)9-4-5;1-5-2-3-6(7-4-5)8(9)10;1-5-3-7-6(2)8-4-5;1-4-7-2-5(6)3-8-4;1-4-6-2-5(3-7-4)8(9)10;1-5-2-6-4-7-3-5;1-5-6-3-2-4-7-5/h1,4-6H,2H3;2-4H,1H3;2*3-4H,1H3;2-4H,1H3;3-4H,1-2H3;2-3H,1H3;2-3H,1H3;2*2-4H,1H3. The lowest BCUT2D eigenvalue weighted by Crippen LogP contribution is -1.92. The van der Waals surface area contributed by atoms with Crippen LogP contribution in [0.5, 0.6) is 0 Å². The highest BCUT2D eigenvalue weighted by atomic mass is 35.5. The van der Waals surface area contributed by atoms with Crippen LogP contribution >= 0.6 is 23.2 Å². The summed E-state index contributed by atoms with van der Waals surface area (Å²) in [5, 5.41) is 21.2. The molecule has 0 radical (unpaired) electrons. The number of nitrogens with zero attached hydrogens (tertiary/aromatic N) is 21. The normalized spacial score (nSPS) is 8.92. The van der Waals surface area contributed by atoms with E-state index in [2.05, 4.69) is 100 Å². The number of aryl methyl sites for hydroxylation is 11. The van der Waals surface area contributed by atoms with Crippen molar-refractivity contribution in [1.29, 1.82) is 0 Å². The lowest BCUT2D eigenvalue weighted by Gasteiger charge is -1.89. The van der Waals surface area contributed by atoms with E-state index < -0.39 is 9.85 Å². The zero-order valence-corrected chi connectivity index (χ0v) is 49.8. The number of hydrogen-bond donors (Lipinski definition) is 0. The van der Waals surface area contributed by atoms with Crippen LogP contribution in [-0.2, 0) is 0 Å². The predicted octanol–water partition coefficient (Wildman–Crippen LogP) is 12.2. The van der Waals surface area contributed by atoms with Crippen molar-refractivity contribution in [2.45, 2.75) is 76.2 Å². The second-order valence-electron chi connectivity index (χ2n) is 16.5. The van der Waals surface area contributed by atoms with E-state index in [1.54, 1.807) is 94.0 Å². The van der Waals surface area contributed by atoms with Gasteiger partial charge in [-0.05, 0) is 138 Å². The first-order chi connectivity index (χ1) is 40.5. The molecule has 0 saturated carbocycles. The molecule has 0 aromatic carbocycles. The van der Waals surface area contributed by atoms with Gasteiger partial charge in [-0.3, -0.25) is 20.1 Å². The molecule has 0 aliphatic rings. The lowest BCUT2D eigenvalue weighted by atomic mass is 10.3. The molecule has 0 spiro atoms. The SMILES string of the molecule is C#Cc1ccc(C)cn1.Cc1ccc(Cl)nc1.Cc1ccc([N+](=O)[O-])nc1.Cc1cnc(C)nc1.Cc1cncnc1.Cc1ncc(Cl)cn1.Cc1ncc([N+](=O)[O-])cn1.Cc1ncccn1.[C-]#[N+]c1cnc(C)nc1.[C-]#[N+]c1ncc(C)cn1. The van der Waals surface area contributed by atoms with Gasteiger partial charge in [0.15, 0.2) is 0 Å². The Kier molecular flexibility index (Phi) is 36.2. The third-order valence-electron chi connectivity index (χ3n) is 8.80. The summed E-state index contributed by atoms with van der Waals surface area (Å²) in [6.45, 7) is 33.7. The highest BCUT2D eigenvalue weighted by Crippen LogP contribution is 2.08. The molecule has 10 heterocycles. The fourth-order valence-electron chi connectivity index (χ4n) is 4.52. The topological polar surface area (TPSA) is 314 Å². The average molecular weight is 1190 g/mol. The van der Waals surface area contributed by atoms with Crippen LogP contribution in [0.1, 0.15) is 68.2 Å². The van der Waals surface area contributed by atoms with Gasteiger partial charge in [0.25, 0.3) is 0 Å². The van der Waals surface area contributed by atoms with Gasteiger partial charge in [0, 0.05) is 86.0 Å². The summed E-state index contributed by atoms with van der Waals surface area (Å²) in [6, 6.07) is 12.3. The number of pyridine rings is 3. The Hall–Kier alpha value is -11.1. The molecular formula is C58H59Cl2N21O4. The van der Waals surface area contributed by atoms with Crippen molar-refractivity contribution in [2.75, 3.05) is 0 Å². The average Bonchev–Trinajstić information content (AvgIpc) is 3.51. The minimum Gasteiger partial charge on any atom is -0.394 e. The molecule has 0 unspecified atom stereocenters. The van der Waals surface area contributed by atoms with Gasteiger partial charge in [0.1, 0.15) is 64.9 Å². The van der Waals surface area contributed by atoms with Gasteiger partial charge in [-0.2, -0.15) is 9.97 Å². The summed E-state index contributed by atoms with van der Waals surface area (Å²) in [7, 11) is 0. The first kappa shape index (κ1) is 71.9. The summed E-state index contributed by atoms with van der Waals surface area (Å²) in [4.78, 5) is 89.9. The van der Waals surface area contributed by atoms with Crippen molar-refractivity contribution >= 4 is 46.3 Å². The predicted molar refractivity (Wildman–Crippen MR) is 323 cm³/mol. The highest BCUT2D eigenvalue weighted by Gasteiger charge is 2.04. The third kappa shape index (κ3) is 37.5. The molecule has 0 saturated heterocycles. The van der Waals surface area contributed by atoms with Crippen LogP contribution in [0.4, 0.5) is 23.1 Å². The Bertz CT molecular complexity index is 3170. The maximum atomic E-state index is 10.1. The highest BCUT2D eigenvalue weighted by molar-refractivity contribution is 6.30. The molecule has 0 fully saturated rings. The maximum Gasteiger partial charge on any atom is 0.371 e. The number of aromatic nitrogens is 17. The first-order valence-electron chi connectivity index (χ1n) is 24.5. The minimum absolute atomic E-state index is 0.0781. The van der Waals surface area contributed by atoms with Crippen molar-refractivity contribution < 1.29 is 9.85 Å². The molecule has 434 valence electrons. The van der Waals surface area contributed by atoms with Crippen LogP contribution in [0.15, 0.2) is 154 Å². The Morgan fingerprint density at radius 2 is 0.835 bits per heavy atom. The molecule has 10 aromatic heterocycles. The first-order valence-corrected chi connectivity index (χ1v) is 25.2. The molecule has 0 aliphatic heterocycles. The fourth-order valence-corrected chi connectivity index (χ4v) is 4.73. The second-order valence-corrected chi connectivity index (χ2v) is 17.3. The van der Waals surface area contributed by atoms with Crippen LogP contribution < -0.4 is 0 Å². The molecule has 0 N–H and O–H groups in total. The number of nitro groups is 2. The van der Waals surface area contributed by atoms with Crippen LogP contribution in [-0.4, -0.2) is 94.6 Å². The molecule has 10 rings (SSSR count). The third-order valence-corrected chi connectivity index (χ3v) is 9.22. The summed E-state index contributed by atoms with van der Waals surface area (Å²) in [6.07, 6.45) is 34.0. The van der Waals surface area contributed by atoms with Gasteiger partial charge in [0.2, 0.25) is 5.69 Å². The largest absolute Gasteiger partial charge is 0.394 e. The van der Waals surface area contributed by atoms with E-state index in [9.17, 15) is 20.2 Å². The number of rotatable bonds is 2. The Balaban J connectivity index is 0.000000473. The summed E-state index contributed by atoms with van der Waals surface area (Å²) in [5.41, 5.74) is 7.47. The Labute approximate surface area is 502 Å². The monoisotopic (exact) mass is 1180 g/mol. The van der Waals surface area contributed by atoms with Crippen molar-refractivity contribution in [1.82, 2.24) is 84.7 Å². The molecule has 10 aromatic rings. The van der Waals surface area contributed by atoms with Gasteiger partial charge >= 0.3 is 17.5 Å². The molecule has 0 amide bonds. The zero-order chi connectivity index (χ0) is 63.4. The number of hydrogen-bond acceptors (Lipinski definition) is 21. The van der Waals surface area contributed by atoms with Gasteiger partial charge in [-0.15, -0.1) is 13.0 Å². The molecule has 0 atom stereocenters. The molecule has 0 bridgehead atoms. The fraction of sp³-hybridized carbons (Fsp3) is 0.190. The van der Waals surface area contributed by atoms with Crippen molar-refractivity contribution in [2.24, 2.45) is 0 Å². The lowest BCUT2D eigenvalue weighted by molar-refractivity contribution is -0.389. The van der Waals surface area contributed by atoms with E-state index in [0.717, 1.165) is 50.9 Å². The van der Waals surface area contributed by atoms with E-state index in [1.165, 1.54) is 43.4 Å². The van der Waals surface area contributed by atoms with E-state index in [0.29, 0.717) is 33.2 Å². The van der Waals surface area contributed by atoms with E-state index in [1.807, 2.05) is 92.9 Å². The molecular weight excluding hydrogens is 1130 g/mol. The molecule has 85 heavy (non-hydrogen) atoms. The van der Waals surface area contributed by atoms with Crippen molar-refractivity contribution in [3.05, 3.63) is 276 Å². The van der Waals surface area contributed by atoms with Crippen molar-refractivity contribution in [3.8, 4) is 12.3 Å². The summed E-state index contributed by atoms with van der Waals surface area (Å²) < 4.78 is 0. The smallest absolute Gasteiger partial charge is 0.371 e. The minimum atomic E-state index is -0.528. The van der Waals surface area contributed by atoms with Crippen LogP contribution in [0.3, 0.4) is 0 Å². The van der Waals surface area contributed by atoms with Gasteiger partial charge in [0.05, 0.1) is 28.9 Å². The van der Waals surface area contributed by atoms with E-state index in [4.69, 9.17) is 42.8 Å². The van der Waals surface area contributed by atoms with Gasteiger partial charge in [-0.1, -0.05) is 41.3 Å². The van der Waals surface area contributed by atoms with Gasteiger partial charge < -0.3 is 15.0 Å². The maximum absolute atomic E-state index is 10.1. The van der Waals surface area contributed by atoms with Crippen LogP contribution in [0.2, 0.25) is 10.2 Å². The van der Waals surface area contributed by atoms with Crippen LogP contribution in [0.25, 0.3) is 9.69 Å². The Morgan fingerprint density at radius 3 is 1.15 bits per heavy atom. The van der Waals surface area contributed by atoms with E-state index >= 15 is 0 Å². The van der Waals surface area contributed by atoms with E-state index in [-0.39, 0.29) is 17.5 Å².